The first-order chi connectivity index (χ1) is 8.60. The van der Waals surface area contributed by atoms with Crippen molar-refractivity contribution >= 4 is 27.6 Å². The lowest BCUT2D eigenvalue weighted by molar-refractivity contribution is -0.130. The van der Waals surface area contributed by atoms with Gasteiger partial charge in [-0.25, -0.2) is 0 Å². The van der Waals surface area contributed by atoms with Crippen LogP contribution in [0.1, 0.15) is 30.6 Å². The van der Waals surface area contributed by atoms with Gasteiger partial charge in [-0.3, -0.25) is 9.59 Å². The molecule has 1 aromatic carbocycles. The molecule has 0 aromatic heterocycles. The van der Waals surface area contributed by atoms with Crippen molar-refractivity contribution in [3.8, 4) is 0 Å². The summed E-state index contributed by atoms with van der Waals surface area (Å²) in [5, 5.41) is 0. The van der Waals surface area contributed by atoms with E-state index in [9.17, 15) is 9.59 Å². The van der Waals surface area contributed by atoms with Gasteiger partial charge in [0.15, 0.2) is 5.78 Å². The quantitative estimate of drug-likeness (QED) is 0.598. The molecular weight excluding hydrogens is 294 g/mol. The largest absolute Gasteiger partial charge is 0.343 e. The van der Waals surface area contributed by atoms with Crippen molar-refractivity contribution < 1.29 is 9.59 Å². The Balaban J connectivity index is 2.63. The highest BCUT2D eigenvalue weighted by Gasteiger charge is 2.22. The number of benzene rings is 1. The van der Waals surface area contributed by atoms with Gasteiger partial charge in [-0.1, -0.05) is 46.3 Å². The summed E-state index contributed by atoms with van der Waals surface area (Å²) in [6.07, 6.45) is 0.204. The van der Waals surface area contributed by atoms with E-state index in [0.29, 0.717) is 18.7 Å². The predicted octanol–water partition coefficient (Wildman–Crippen LogP) is 2.89. The highest BCUT2D eigenvalue weighted by Crippen LogP contribution is 2.15. The third-order valence-corrected chi connectivity index (χ3v) is 3.55. The topological polar surface area (TPSA) is 37.4 Å². The van der Waals surface area contributed by atoms with Crippen LogP contribution in [0, 0.1) is 0 Å². The molecule has 1 rings (SSSR count). The fourth-order valence-corrected chi connectivity index (χ4v) is 2.28. The van der Waals surface area contributed by atoms with E-state index in [1.807, 2.05) is 32.0 Å². The van der Waals surface area contributed by atoms with Crippen molar-refractivity contribution in [3.05, 3.63) is 35.9 Å². The lowest BCUT2D eigenvalue weighted by atomic mass is 10.1. The summed E-state index contributed by atoms with van der Waals surface area (Å²) in [4.78, 5) is 25.2. The van der Waals surface area contributed by atoms with Crippen LogP contribution in [0.15, 0.2) is 30.3 Å². The number of alkyl halides is 1. The Bertz CT molecular complexity index is 402. The van der Waals surface area contributed by atoms with E-state index in [1.165, 1.54) is 0 Å². The highest BCUT2D eigenvalue weighted by atomic mass is 79.9. The monoisotopic (exact) mass is 311 g/mol. The predicted molar refractivity (Wildman–Crippen MR) is 76.0 cm³/mol. The first-order valence-electron chi connectivity index (χ1n) is 6.11. The second-order valence-electron chi connectivity index (χ2n) is 3.97. The molecule has 3 nitrogen and oxygen atoms in total. The molecule has 0 saturated carbocycles. The van der Waals surface area contributed by atoms with Crippen molar-refractivity contribution in [1.29, 1.82) is 0 Å². The zero-order chi connectivity index (χ0) is 13.5. The number of rotatable bonds is 6. The average molecular weight is 312 g/mol. The van der Waals surface area contributed by atoms with E-state index in [2.05, 4.69) is 15.9 Å². The number of carbonyl (C=O) groups excluding carboxylic acids is 2. The molecule has 0 aliphatic heterocycles. The molecule has 0 saturated heterocycles. The minimum Gasteiger partial charge on any atom is -0.343 e. The van der Waals surface area contributed by atoms with Gasteiger partial charge >= 0.3 is 0 Å². The number of ketones is 1. The number of nitrogens with zero attached hydrogens (tertiary/aromatic N) is 1. The number of carbonyl (C=O) groups is 2. The molecular formula is C14H18BrNO2. The van der Waals surface area contributed by atoms with Gasteiger partial charge in [0.25, 0.3) is 0 Å². The zero-order valence-electron chi connectivity index (χ0n) is 10.7. The summed E-state index contributed by atoms with van der Waals surface area (Å²) in [5.74, 6) is -0.0396. The fraction of sp³-hybridized carbons (Fsp3) is 0.429. The fourth-order valence-electron chi connectivity index (χ4n) is 1.73. The van der Waals surface area contributed by atoms with Crippen LogP contribution in [0.2, 0.25) is 0 Å². The van der Waals surface area contributed by atoms with E-state index in [4.69, 9.17) is 0 Å². The van der Waals surface area contributed by atoms with Crippen LogP contribution in [-0.4, -0.2) is 34.5 Å². The first kappa shape index (κ1) is 14.9. The van der Waals surface area contributed by atoms with Gasteiger partial charge in [-0.05, 0) is 13.8 Å². The second kappa shape index (κ2) is 7.31. The number of hydrogen-bond donors (Lipinski definition) is 0. The van der Waals surface area contributed by atoms with Crippen molar-refractivity contribution in [3.63, 3.8) is 0 Å². The van der Waals surface area contributed by atoms with Crippen LogP contribution < -0.4 is 0 Å². The molecule has 0 spiro atoms. The Morgan fingerprint density at radius 2 is 1.72 bits per heavy atom. The summed E-state index contributed by atoms with van der Waals surface area (Å²) in [5.41, 5.74) is 0.631. The number of hydrogen-bond acceptors (Lipinski definition) is 2. The maximum absolute atomic E-state index is 12.1. The molecule has 0 bridgehead atoms. The zero-order valence-corrected chi connectivity index (χ0v) is 12.3. The Morgan fingerprint density at radius 1 is 1.17 bits per heavy atom. The molecule has 0 fully saturated rings. The van der Waals surface area contributed by atoms with Crippen molar-refractivity contribution in [2.24, 2.45) is 0 Å². The number of halogens is 1. The average Bonchev–Trinajstić information content (AvgIpc) is 2.40. The van der Waals surface area contributed by atoms with Crippen molar-refractivity contribution in [1.82, 2.24) is 4.90 Å². The molecule has 0 N–H and O–H groups in total. The summed E-state index contributed by atoms with van der Waals surface area (Å²) in [6, 6.07) is 9.02. The highest BCUT2D eigenvalue weighted by molar-refractivity contribution is 9.10. The summed E-state index contributed by atoms with van der Waals surface area (Å²) < 4.78 is 0. The second-order valence-corrected chi connectivity index (χ2v) is 5.07. The Labute approximate surface area is 116 Å². The molecule has 0 aliphatic rings. The van der Waals surface area contributed by atoms with Crippen molar-refractivity contribution in [2.45, 2.75) is 25.1 Å². The summed E-state index contributed by atoms with van der Waals surface area (Å²) in [6.45, 7) is 5.22. The van der Waals surface area contributed by atoms with Crippen LogP contribution in [0.25, 0.3) is 0 Å². The van der Waals surface area contributed by atoms with Gasteiger partial charge in [-0.2, -0.15) is 0 Å². The smallest absolute Gasteiger partial charge is 0.224 e. The van der Waals surface area contributed by atoms with Gasteiger partial charge in [-0.15, -0.1) is 0 Å². The standard InChI is InChI=1S/C14H18BrNO2/c1-3-16(4-2)13(17)10-12(15)14(18)11-8-6-5-7-9-11/h5-9,12H,3-4,10H2,1-2H3/t12-/m1/s1. The van der Waals surface area contributed by atoms with Crippen molar-refractivity contribution in [2.75, 3.05) is 13.1 Å². The maximum Gasteiger partial charge on any atom is 0.224 e. The normalized spacial score (nSPS) is 11.9. The molecule has 1 aromatic rings. The molecule has 18 heavy (non-hydrogen) atoms. The van der Waals surface area contributed by atoms with E-state index in [-0.39, 0.29) is 18.1 Å². The molecule has 0 unspecified atom stereocenters. The lowest BCUT2D eigenvalue weighted by Gasteiger charge is -2.19. The molecule has 4 heteroatoms. The van der Waals surface area contributed by atoms with E-state index >= 15 is 0 Å². The molecule has 0 aliphatic carbocycles. The maximum atomic E-state index is 12.1. The number of amides is 1. The van der Waals surface area contributed by atoms with Crippen LogP contribution in [0.5, 0.6) is 0 Å². The van der Waals surface area contributed by atoms with Gasteiger partial charge in [0, 0.05) is 25.1 Å². The van der Waals surface area contributed by atoms with Crippen LogP contribution in [-0.2, 0) is 4.79 Å². The Morgan fingerprint density at radius 3 is 2.22 bits per heavy atom. The molecule has 0 radical (unpaired) electrons. The van der Waals surface area contributed by atoms with Gasteiger partial charge in [0.05, 0.1) is 4.83 Å². The third kappa shape index (κ3) is 3.95. The summed E-state index contributed by atoms with van der Waals surface area (Å²) >= 11 is 3.31. The molecule has 0 heterocycles. The van der Waals surface area contributed by atoms with E-state index in [1.54, 1.807) is 17.0 Å². The van der Waals surface area contributed by atoms with E-state index < -0.39 is 4.83 Å². The molecule has 98 valence electrons. The minimum absolute atomic E-state index is 0.00570. The number of Topliss-reactive ketones (excluding diaryl/α,β-unsaturated/α-hetero) is 1. The summed E-state index contributed by atoms with van der Waals surface area (Å²) in [7, 11) is 0. The minimum atomic E-state index is -0.451. The van der Waals surface area contributed by atoms with Gasteiger partial charge < -0.3 is 4.90 Å². The Hall–Kier alpha value is -1.16. The van der Waals surface area contributed by atoms with E-state index in [0.717, 1.165) is 0 Å². The first-order valence-corrected chi connectivity index (χ1v) is 7.02. The molecule has 1 atom stereocenters. The SMILES string of the molecule is CCN(CC)C(=O)C[C@@H](Br)C(=O)c1ccccc1. The van der Waals surface area contributed by atoms with Crippen LogP contribution in [0.4, 0.5) is 0 Å². The Kier molecular flexibility index (Phi) is 6.05. The van der Waals surface area contributed by atoms with Crippen LogP contribution >= 0.6 is 15.9 Å². The van der Waals surface area contributed by atoms with Crippen LogP contribution in [0.3, 0.4) is 0 Å². The van der Waals surface area contributed by atoms with Gasteiger partial charge in [0.2, 0.25) is 5.91 Å². The lowest BCUT2D eigenvalue weighted by Crippen LogP contribution is -2.33. The molecule has 1 amide bonds. The van der Waals surface area contributed by atoms with Gasteiger partial charge in [0.1, 0.15) is 0 Å². The third-order valence-electron chi connectivity index (χ3n) is 2.81.